The van der Waals surface area contributed by atoms with Crippen LogP contribution in [0.3, 0.4) is 0 Å². The lowest BCUT2D eigenvalue weighted by atomic mass is 9.63. The van der Waals surface area contributed by atoms with Gasteiger partial charge in [0.1, 0.15) is 5.75 Å². The molecular weight excluding hydrogens is 242 g/mol. The van der Waals surface area contributed by atoms with Crippen LogP contribution < -0.4 is 4.74 Å². The summed E-state index contributed by atoms with van der Waals surface area (Å²) in [5.41, 5.74) is 0.509. The topological polar surface area (TPSA) is 49.8 Å². The van der Waals surface area contributed by atoms with Crippen LogP contribution in [0.5, 0.6) is 5.75 Å². The largest absolute Gasteiger partial charge is 0.496 e. The second-order valence-electron chi connectivity index (χ2n) is 5.09. The molecule has 1 aromatic rings. The Morgan fingerprint density at radius 1 is 1.42 bits per heavy atom. The smallest absolute Gasteiger partial charge is 0.233 e. The van der Waals surface area contributed by atoms with Crippen LogP contribution in [0.1, 0.15) is 24.8 Å². The van der Waals surface area contributed by atoms with Crippen LogP contribution in [-0.4, -0.2) is 43.2 Å². The van der Waals surface area contributed by atoms with Crippen molar-refractivity contribution in [1.29, 1.82) is 0 Å². The van der Waals surface area contributed by atoms with Crippen molar-refractivity contribution in [1.82, 2.24) is 4.90 Å². The molecule has 0 saturated heterocycles. The molecule has 0 aromatic heterocycles. The minimum atomic E-state index is -0.462. The molecular formula is C15H21NO3. The molecule has 4 nitrogen and oxygen atoms in total. The highest BCUT2D eigenvalue weighted by Gasteiger charge is 2.48. The first-order valence-electron chi connectivity index (χ1n) is 6.65. The van der Waals surface area contributed by atoms with Crippen molar-refractivity contribution in [2.45, 2.75) is 24.7 Å². The summed E-state index contributed by atoms with van der Waals surface area (Å²) in [4.78, 5) is 14.3. The molecule has 4 heteroatoms. The van der Waals surface area contributed by atoms with E-state index in [0.717, 1.165) is 30.6 Å². The van der Waals surface area contributed by atoms with Gasteiger partial charge in [0.05, 0.1) is 19.1 Å². The van der Waals surface area contributed by atoms with Crippen LogP contribution in [0.2, 0.25) is 0 Å². The van der Waals surface area contributed by atoms with E-state index in [1.807, 2.05) is 24.3 Å². The Balaban J connectivity index is 2.35. The average Bonchev–Trinajstić information content (AvgIpc) is 2.38. The number of benzene rings is 1. The first-order chi connectivity index (χ1) is 9.15. The summed E-state index contributed by atoms with van der Waals surface area (Å²) < 4.78 is 5.40. The summed E-state index contributed by atoms with van der Waals surface area (Å²) in [6.45, 7) is 0.361. The van der Waals surface area contributed by atoms with E-state index >= 15 is 0 Å². The van der Waals surface area contributed by atoms with Crippen LogP contribution >= 0.6 is 0 Å². The maximum Gasteiger partial charge on any atom is 0.233 e. The predicted octanol–water partition coefficient (Wildman–Crippen LogP) is 1.57. The van der Waals surface area contributed by atoms with Crippen molar-refractivity contribution in [3.05, 3.63) is 29.8 Å². The van der Waals surface area contributed by atoms with Gasteiger partial charge in [0.25, 0.3) is 0 Å². The third-order valence-electron chi connectivity index (χ3n) is 4.02. The van der Waals surface area contributed by atoms with Gasteiger partial charge in [-0.25, -0.2) is 0 Å². The highest BCUT2D eigenvalue weighted by atomic mass is 16.5. The molecule has 1 fully saturated rings. The Labute approximate surface area is 114 Å². The summed E-state index contributed by atoms with van der Waals surface area (Å²) in [5, 5.41) is 8.99. The summed E-state index contributed by atoms with van der Waals surface area (Å²) in [7, 11) is 3.38. The lowest BCUT2D eigenvalue weighted by Crippen LogP contribution is -2.50. The molecule has 0 heterocycles. The number of rotatable bonds is 5. The van der Waals surface area contributed by atoms with E-state index in [1.54, 1.807) is 19.1 Å². The van der Waals surface area contributed by atoms with Crippen molar-refractivity contribution in [3.63, 3.8) is 0 Å². The number of amides is 1. The maximum atomic E-state index is 12.7. The molecule has 0 bridgehead atoms. The van der Waals surface area contributed by atoms with Gasteiger partial charge in [-0.2, -0.15) is 0 Å². The SMILES string of the molecule is COc1ccccc1C1(C(=O)N(C)CCO)CCC1. The number of carbonyl (C=O) groups excluding carboxylic acids is 1. The Hall–Kier alpha value is -1.55. The minimum Gasteiger partial charge on any atom is -0.496 e. The molecule has 0 atom stereocenters. The van der Waals surface area contributed by atoms with Crippen LogP contribution in [0, 0.1) is 0 Å². The Bertz CT molecular complexity index is 454. The van der Waals surface area contributed by atoms with Gasteiger partial charge >= 0.3 is 0 Å². The Morgan fingerprint density at radius 3 is 2.63 bits per heavy atom. The summed E-state index contributed by atoms with van der Waals surface area (Å²) in [6.07, 6.45) is 2.75. The lowest BCUT2D eigenvalue weighted by molar-refractivity contribution is -0.140. The number of aliphatic hydroxyl groups excluding tert-OH is 1. The van der Waals surface area contributed by atoms with Crippen molar-refractivity contribution in [2.75, 3.05) is 27.3 Å². The molecule has 0 spiro atoms. The van der Waals surface area contributed by atoms with E-state index in [4.69, 9.17) is 9.84 Å². The molecule has 0 aliphatic heterocycles. The Morgan fingerprint density at radius 2 is 2.11 bits per heavy atom. The molecule has 0 radical (unpaired) electrons. The first-order valence-corrected chi connectivity index (χ1v) is 6.65. The quantitative estimate of drug-likeness (QED) is 0.877. The molecule has 1 aromatic carbocycles. The zero-order valence-corrected chi connectivity index (χ0v) is 11.6. The number of ether oxygens (including phenoxy) is 1. The van der Waals surface area contributed by atoms with Crippen molar-refractivity contribution in [3.8, 4) is 5.75 Å². The fourth-order valence-corrected chi connectivity index (χ4v) is 2.79. The fourth-order valence-electron chi connectivity index (χ4n) is 2.79. The molecule has 104 valence electrons. The van der Waals surface area contributed by atoms with E-state index < -0.39 is 5.41 Å². The zero-order valence-electron chi connectivity index (χ0n) is 11.6. The third kappa shape index (κ3) is 2.32. The van der Waals surface area contributed by atoms with Gasteiger partial charge < -0.3 is 14.7 Å². The van der Waals surface area contributed by atoms with Gasteiger partial charge in [-0.05, 0) is 18.9 Å². The normalized spacial score (nSPS) is 16.6. The van der Waals surface area contributed by atoms with Crippen LogP contribution in [-0.2, 0) is 10.2 Å². The second-order valence-corrected chi connectivity index (χ2v) is 5.09. The van der Waals surface area contributed by atoms with E-state index in [2.05, 4.69) is 0 Å². The highest BCUT2D eigenvalue weighted by Crippen LogP contribution is 2.48. The van der Waals surface area contributed by atoms with E-state index in [9.17, 15) is 4.79 Å². The van der Waals surface area contributed by atoms with E-state index in [0.29, 0.717) is 6.54 Å². The van der Waals surface area contributed by atoms with Gasteiger partial charge in [-0.15, -0.1) is 0 Å². The minimum absolute atomic E-state index is 0.00968. The summed E-state index contributed by atoms with van der Waals surface area (Å²) >= 11 is 0. The molecule has 1 aliphatic carbocycles. The molecule has 1 amide bonds. The van der Waals surface area contributed by atoms with Gasteiger partial charge in [-0.1, -0.05) is 24.6 Å². The maximum absolute atomic E-state index is 12.7. The number of aliphatic hydroxyl groups is 1. The average molecular weight is 263 g/mol. The van der Waals surface area contributed by atoms with Crippen LogP contribution in [0.25, 0.3) is 0 Å². The van der Waals surface area contributed by atoms with Crippen LogP contribution in [0.4, 0.5) is 0 Å². The molecule has 19 heavy (non-hydrogen) atoms. The molecule has 1 saturated carbocycles. The number of likely N-dealkylation sites (N-methyl/N-ethyl adjacent to an activating group) is 1. The standard InChI is InChI=1S/C15H21NO3/c1-16(10-11-17)14(18)15(8-5-9-15)12-6-3-4-7-13(12)19-2/h3-4,6-7,17H,5,8-11H2,1-2H3. The summed E-state index contributed by atoms with van der Waals surface area (Å²) in [5.74, 6) is 0.852. The second kappa shape index (κ2) is 5.61. The van der Waals surface area contributed by atoms with E-state index in [-0.39, 0.29) is 12.5 Å². The molecule has 0 unspecified atom stereocenters. The number of hydrogen-bond acceptors (Lipinski definition) is 3. The predicted molar refractivity (Wildman–Crippen MR) is 73.2 cm³/mol. The monoisotopic (exact) mass is 263 g/mol. The number of para-hydroxylation sites is 1. The fraction of sp³-hybridized carbons (Fsp3) is 0.533. The van der Waals surface area contributed by atoms with Crippen LogP contribution in [0.15, 0.2) is 24.3 Å². The highest BCUT2D eigenvalue weighted by molar-refractivity contribution is 5.90. The summed E-state index contributed by atoms with van der Waals surface area (Å²) in [6, 6.07) is 7.73. The lowest BCUT2D eigenvalue weighted by Gasteiger charge is -2.43. The van der Waals surface area contributed by atoms with Crippen molar-refractivity contribution < 1.29 is 14.6 Å². The molecule has 1 aliphatic rings. The number of carbonyl (C=O) groups is 1. The number of hydrogen-bond donors (Lipinski definition) is 1. The zero-order chi connectivity index (χ0) is 13.9. The first kappa shape index (κ1) is 13.9. The number of methoxy groups -OCH3 is 1. The van der Waals surface area contributed by atoms with Crippen molar-refractivity contribution >= 4 is 5.91 Å². The number of nitrogens with zero attached hydrogens (tertiary/aromatic N) is 1. The third-order valence-corrected chi connectivity index (χ3v) is 4.02. The van der Waals surface area contributed by atoms with E-state index in [1.165, 1.54) is 0 Å². The Kier molecular flexibility index (Phi) is 4.10. The molecule has 1 N–H and O–H groups in total. The van der Waals surface area contributed by atoms with Gasteiger partial charge in [-0.3, -0.25) is 4.79 Å². The van der Waals surface area contributed by atoms with Gasteiger partial charge in [0.2, 0.25) is 5.91 Å². The van der Waals surface area contributed by atoms with Gasteiger partial charge in [0, 0.05) is 19.2 Å². The molecule has 2 rings (SSSR count). The van der Waals surface area contributed by atoms with Crippen molar-refractivity contribution in [2.24, 2.45) is 0 Å². The van der Waals surface area contributed by atoms with Gasteiger partial charge in [0.15, 0.2) is 0 Å².